The second kappa shape index (κ2) is 5.68. The van der Waals surface area contributed by atoms with Crippen molar-refractivity contribution in [3.63, 3.8) is 0 Å². The van der Waals surface area contributed by atoms with Gasteiger partial charge in [-0.2, -0.15) is 4.98 Å². The van der Waals surface area contributed by atoms with Gasteiger partial charge in [0.05, 0.1) is 11.6 Å². The van der Waals surface area contributed by atoms with E-state index in [2.05, 4.69) is 15.3 Å². The first kappa shape index (κ1) is 13.8. The van der Waals surface area contributed by atoms with Crippen molar-refractivity contribution in [3.05, 3.63) is 59.4 Å². The van der Waals surface area contributed by atoms with Gasteiger partial charge in [-0.15, -0.1) is 0 Å². The molecule has 5 heteroatoms. The normalized spacial score (nSPS) is 12.3. The molecule has 1 atom stereocenters. The van der Waals surface area contributed by atoms with Gasteiger partial charge in [0.15, 0.2) is 0 Å². The van der Waals surface area contributed by atoms with Gasteiger partial charge >= 0.3 is 0 Å². The number of halogens is 1. The van der Waals surface area contributed by atoms with Gasteiger partial charge in [-0.05, 0) is 48.4 Å². The van der Waals surface area contributed by atoms with E-state index in [-0.39, 0.29) is 5.28 Å². The minimum atomic E-state index is -0.478. The lowest BCUT2D eigenvalue weighted by molar-refractivity contribution is 0.199. The summed E-state index contributed by atoms with van der Waals surface area (Å²) in [6, 6.07) is 15.2. The SMILES string of the molecule is C[C@H](O)c1ccc(Nc2nc(Cl)nc3ccccc23)cc1. The Labute approximate surface area is 127 Å². The molecule has 0 fully saturated rings. The smallest absolute Gasteiger partial charge is 0.224 e. The van der Waals surface area contributed by atoms with Gasteiger partial charge in [0.2, 0.25) is 5.28 Å². The number of hydrogen-bond acceptors (Lipinski definition) is 4. The van der Waals surface area contributed by atoms with Crippen molar-refractivity contribution in [2.24, 2.45) is 0 Å². The van der Waals surface area contributed by atoms with E-state index in [9.17, 15) is 5.11 Å². The number of nitrogens with one attached hydrogen (secondary N) is 1. The molecule has 0 unspecified atom stereocenters. The number of aliphatic hydroxyl groups is 1. The van der Waals surface area contributed by atoms with Crippen LogP contribution in [0.5, 0.6) is 0 Å². The number of para-hydroxylation sites is 1. The number of aliphatic hydroxyl groups excluding tert-OH is 1. The molecule has 1 aromatic heterocycles. The summed E-state index contributed by atoms with van der Waals surface area (Å²) in [5, 5.41) is 13.9. The highest BCUT2D eigenvalue weighted by Crippen LogP contribution is 2.25. The van der Waals surface area contributed by atoms with Crippen LogP contribution in [-0.2, 0) is 0 Å². The predicted octanol–water partition coefficient (Wildman–Crippen LogP) is 4.08. The Morgan fingerprint density at radius 2 is 1.76 bits per heavy atom. The van der Waals surface area contributed by atoms with Crippen LogP contribution in [0, 0.1) is 0 Å². The van der Waals surface area contributed by atoms with Crippen LogP contribution in [-0.4, -0.2) is 15.1 Å². The number of anilines is 2. The summed E-state index contributed by atoms with van der Waals surface area (Å²) >= 11 is 5.96. The second-order valence-electron chi connectivity index (χ2n) is 4.78. The molecule has 3 aromatic rings. The molecule has 4 nitrogen and oxygen atoms in total. The maximum absolute atomic E-state index is 9.52. The number of hydrogen-bond donors (Lipinski definition) is 2. The van der Waals surface area contributed by atoms with Crippen LogP contribution >= 0.6 is 11.6 Å². The lowest BCUT2D eigenvalue weighted by Gasteiger charge is -2.10. The zero-order chi connectivity index (χ0) is 14.8. The molecule has 2 aromatic carbocycles. The molecule has 0 aliphatic heterocycles. The van der Waals surface area contributed by atoms with Gasteiger partial charge in [-0.25, -0.2) is 4.98 Å². The topological polar surface area (TPSA) is 58.0 Å². The summed E-state index contributed by atoms with van der Waals surface area (Å²) < 4.78 is 0. The minimum Gasteiger partial charge on any atom is -0.389 e. The number of rotatable bonds is 3. The molecule has 0 saturated carbocycles. The molecule has 2 N–H and O–H groups in total. The van der Waals surface area contributed by atoms with Gasteiger partial charge < -0.3 is 10.4 Å². The fourth-order valence-corrected chi connectivity index (χ4v) is 2.30. The fraction of sp³-hybridized carbons (Fsp3) is 0.125. The fourth-order valence-electron chi connectivity index (χ4n) is 2.13. The highest BCUT2D eigenvalue weighted by Gasteiger charge is 2.07. The lowest BCUT2D eigenvalue weighted by atomic mass is 10.1. The van der Waals surface area contributed by atoms with Crippen LogP contribution < -0.4 is 5.32 Å². The Kier molecular flexibility index (Phi) is 3.73. The molecule has 0 radical (unpaired) electrons. The largest absolute Gasteiger partial charge is 0.389 e. The summed E-state index contributed by atoms with van der Waals surface area (Å²) in [6.45, 7) is 1.74. The van der Waals surface area contributed by atoms with Crippen molar-refractivity contribution in [3.8, 4) is 0 Å². The molecule has 0 spiro atoms. The van der Waals surface area contributed by atoms with Crippen LogP contribution in [0.2, 0.25) is 5.28 Å². The quantitative estimate of drug-likeness (QED) is 0.716. The Hall–Kier alpha value is -2.17. The molecule has 106 valence electrons. The van der Waals surface area contributed by atoms with Crippen LogP contribution in [0.25, 0.3) is 10.9 Å². The molecule has 1 heterocycles. The number of benzene rings is 2. The van der Waals surface area contributed by atoms with Crippen molar-refractivity contribution in [2.75, 3.05) is 5.32 Å². The first-order chi connectivity index (χ1) is 10.1. The van der Waals surface area contributed by atoms with Crippen LogP contribution in [0.4, 0.5) is 11.5 Å². The highest BCUT2D eigenvalue weighted by atomic mass is 35.5. The average molecular weight is 300 g/mol. The van der Waals surface area contributed by atoms with Gasteiger partial charge in [0.1, 0.15) is 5.82 Å². The summed E-state index contributed by atoms with van der Waals surface area (Å²) in [7, 11) is 0. The molecule has 0 bridgehead atoms. The van der Waals surface area contributed by atoms with Crippen molar-refractivity contribution < 1.29 is 5.11 Å². The zero-order valence-corrected chi connectivity index (χ0v) is 12.2. The molecule has 0 amide bonds. The monoisotopic (exact) mass is 299 g/mol. The van der Waals surface area contributed by atoms with Gasteiger partial charge in [-0.1, -0.05) is 24.3 Å². The summed E-state index contributed by atoms with van der Waals surface area (Å²) in [5.41, 5.74) is 2.53. The summed E-state index contributed by atoms with van der Waals surface area (Å²) in [4.78, 5) is 8.44. The molecule has 0 aliphatic rings. The minimum absolute atomic E-state index is 0.205. The Morgan fingerprint density at radius 1 is 1.05 bits per heavy atom. The third-order valence-corrected chi connectivity index (χ3v) is 3.40. The van der Waals surface area contributed by atoms with Gasteiger partial charge in [-0.3, -0.25) is 0 Å². The maximum atomic E-state index is 9.52. The molecule has 3 rings (SSSR count). The Morgan fingerprint density at radius 3 is 2.48 bits per heavy atom. The Balaban J connectivity index is 1.97. The molecular formula is C16H14ClN3O. The summed E-state index contributed by atoms with van der Waals surface area (Å²) in [6.07, 6.45) is -0.478. The van der Waals surface area contributed by atoms with Crippen LogP contribution in [0.1, 0.15) is 18.6 Å². The first-order valence-electron chi connectivity index (χ1n) is 6.61. The molecule has 21 heavy (non-hydrogen) atoms. The average Bonchev–Trinajstić information content (AvgIpc) is 2.47. The molecule has 0 aliphatic carbocycles. The van der Waals surface area contributed by atoms with Crippen molar-refractivity contribution in [2.45, 2.75) is 13.0 Å². The van der Waals surface area contributed by atoms with Crippen molar-refractivity contribution in [1.82, 2.24) is 9.97 Å². The zero-order valence-electron chi connectivity index (χ0n) is 11.4. The lowest BCUT2D eigenvalue weighted by Crippen LogP contribution is -1.98. The van der Waals surface area contributed by atoms with Crippen molar-refractivity contribution >= 4 is 34.0 Å². The third kappa shape index (κ3) is 2.96. The number of nitrogens with zero attached hydrogens (tertiary/aromatic N) is 2. The molecule has 0 saturated heterocycles. The highest BCUT2D eigenvalue weighted by molar-refractivity contribution is 6.28. The van der Waals surface area contributed by atoms with E-state index in [0.717, 1.165) is 22.2 Å². The Bertz CT molecular complexity index is 772. The van der Waals surface area contributed by atoms with Crippen LogP contribution in [0.3, 0.4) is 0 Å². The van der Waals surface area contributed by atoms with E-state index in [1.165, 1.54) is 0 Å². The van der Waals surface area contributed by atoms with E-state index >= 15 is 0 Å². The van der Waals surface area contributed by atoms with Gasteiger partial charge in [0.25, 0.3) is 0 Å². The van der Waals surface area contributed by atoms with Crippen LogP contribution in [0.15, 0.2) is 48.5 Å². The van der Waals surface area contributed by atoms with E-state index in [0.29, 0.717) is 5.82 Å². The maximum Gasteiger partial charge on any atom is 0.224 e. The standard InChI is InChI=1S/C16H14ClN3O/c1-10(21)11-6-8-12(9-7-11)18-15-13-4-2-3-5-14(13)19-16(17)20-15/h2-10,21H,1H3,(H,18,19,20)/t10-/m0/s1. The molecular weight excluding hydrogens is 286 g/mol. The van der Waals surface area contributed by atoms with E-state index < -0.39 is 6.10 Å². The number of fused-ring (bicyclic) bond motifs is 1. The number of aromatic nitrogens is 2. The van der Waals surface area contributed by atoms with E-state index in [1.807, 2.05) is 48.5 Å². The van der Waals surface area contributed by atoms with Crippen molar-refractivity contribution in [1.29, 1.82) is 0 Å². The predicted molar refractivity (Wildman–Crippen MR) is 84.9 cm³/mol. The second-order valence-corrected chi connectivity index (χ2v) is 5.12. The first-order valence-corrected chi connectivity index (χ1v) is 6.98. The summed E-state index contributed by atoms with van der Waals surface area (Å²) in [5.74, 6) is 0.662. The van der Waals surface area contributed by atoms with E-state index in [1.54, 1.807) is 6.92 Å². The van der Waals surface area contributed by atoms with E-state index in [4.69, 9.17) is 11.6 Å². The van der Waals surface area contributed by atoms with Gasteiger partial charge in [0, 0.05) is 11.1 Å². The third-order valence-electron chi connectivity index (χ3n) is 3.23.